The highest BCUT2D eigenvalue weighted by Gasteiger charge is 2.24. The Morgan fingerprint density at radius 2 is 1.80 bits per heavy atom. The molecule has 3 aromatic rings. The maximum absolute atomic E-state index is 6.23. The molecule has 1 aliphatic rings. The number of nitrogens with zero attached hydrogens (tertiary/aromatic N) is 3. The predicted octanol–water partition coefficient (Wildman–Crippen LogP) is 3.69. The molecule has 2 aromatic heterocycles. The Labute approximate surface area is 148 Å². The summed E-state index contributed by atoms with van der Waals surface area (Å²) in [7, 11) is 0. The van der Waals surface area contributed by atoms with Crippen LogP contribution < -0.4 is 11.5 Å². The number of nitrogen functional groups attached to an aromatic ring is 1. The molecule has 1 fully saturated rings. The number of fused-ring (bicyclic) bond motifs is 1. The Hall–Kier alpha value is -2.40. The van der Waals surface area contributed by atoms with Crippen LogP contribution in [0.2, 0.25) is 0 Å². The smallest absolute Gasteiger partial charge is 0.146 e. The van der Waals surface area contributed by atoms with Gasteiger partial charge in [0, 0.05) is 23.8 Å². The molecule has 0 bridgehead atoms. The summed E-state index contributed by atoms with van der Waals surface area (Å²) in [5.74, 6) is 0.547. The average Bonchev–Trinajstić information content (AvgIpc) is 3.03. The fourth-order valence-corrected chi connectivity index (χ4v) is 3.91. The highest BCUT2D eigenvalue weighted by molar-refractivity contribution is 6.00. The van der Waals surface area contributed by atoms with Gasteiger partial charge in [-0.3, -0.25) is 0 Å². The molecule has 5 heteroatoms. The van der Waals surface area contributed by atoms with E-state index in [-0.39, 0.29) is 0 Å². The molecule has 25 heavy (non-hydrogen) atoms. The van der Waals surface area contributed by atoms with Gasteiger partial charge in [0.1, 0.15) is 17.8 Å². The lowest BCUT2D eigenvalue weighted by atomic mass is 9.92. The van der Waals surface area contributed by atoms with Gasteiger partial charge in [-0.2, -0.15) is 0 Å². The molecule has 4 rings (SSSR count). The van der Waals surface area contributed by atoms with E-state index in [1.54, 1.807) is 6.33 Å². The fraction of sp³-hybridized carbons (Fsp3) is 0.400. The van der Waals surface area contributed by atoms with Gasteiger partial charge >= 0.3 is 0 Å². The molecule has 5 nitrogen and oxygen atoms in total. The molecular formula is C20H25N5. The van der Waals surface area contributed by atoms with Crippen molar-refractivity contribution < 1.29 is 0 Å². The number of nitrogens with two attached hydrogens (primary N) is 2. The molecule has 1 aliphatic carbocycles. The van der Waals surface area contributed by atoms with E-state index in [1.807, 2.05) is 0 Å². The summed E-state index contributed by atoms with van der Waals surface area (Å²) in [6, 6.07) is 9.46. The Kier molecular flexibility index (Phi) is 4.17. The molecule has 130 valence electrons. The monoisotopic (exact) mass is 335 g/mol. The van der Waals surface area contributed by atoms with Crippen LogP contribution in [-0.2, 0) is 6.42 Å². The van der Waals surface area contributed by atoms with E-state index in [2.05, 4.69) is 51.9 Å². The zero-order valence-corrected chi connectivity index (χ0v) is 14.7. The van der Waals surface area contributed by atoms with Crippen LogP contribution in [0.25, 0.3) is 22.2 Å². The lowest BCUT2D eigenvalue weighted by Gasteiger charge is -2.27. The van der Waals surface area contributed by atoms with Crippen LogP contribution in [0.3, 0.4) is 0 Å². The van der Waals surface area contributed by atoms with Crippen LogP contribution in [0.15, 0.2) is 36.8 Å². The molecular weight excluding hydrogens is 310 g/mol. The summed E-state index contributed by atoms with van der Waals surface area (Å²) in [5, 5.41) is 0.960. The number of hydrogen-bond donors (Lipinski definition) is 2. The summed E-state index contributed by atoms with van der Waals surface area (Å²) in [6.07, 6.45) is 9.10. The third-order valence-electron chi connectivity index (χ3n) is 5.45. The topological polar surface area (TPSA) is 82.8 Å². The van der Waals surface area contributed by atoms with Gasteiger partial charge in [-0.15, -0.1) is 0 Å². The van der Waals surface area contributed by atoms with Crippen LogP contribution in [0.5, 0.6) is 0 Å². The van der Waals surface area contributed by atoms with E-state index in [0.717, 1.165) is 54.3 Å². The lowest BCUT2D eigenvalue weighted by molar-refractivity contribution is 0.329. The van der Waals surface area contributed by atoms with Crippen molar-refractivity contribution in [1.82, 2.24) is 14.5 Å². The zero-order chi connectivity index (χ0) is 17.4. The minimum absolute atomic E-state index is 0.332. The largest absolute Gasteiger partial charge is 0.383 e. The molecule has 1 aromatic carbocycles. The Morgan fingerprint density at radius 1 is 1.08 bits per heavy atom. The van der Waals surface area contributed by atoms with Crippen molar-refractivity contribution in [2.24, 2.45) is 5.73 Å². The van der Waals surface area contributed by atoms with E-state index in [4.69, 9.17) is 11.5 Å². The third-order valence-corrected chi connectivity index (χ3v) is 5.45. The molecule has 0 aliphatic heterocycles. The van der Waals surface area contributed by atoms with Gasteiger partial charge in [-0.1, -0.05) is 31.2 Å². The highest BCUT2D eigenvalue weighted by Crippen LogP contribution is 2.37. The second-order valence-electron chi connectivity index (χ2n) is 7.03. The number of hydrogen-bond acceptors (Lipinski definition) is 4. The molecule has 0 amide bonds. The highest BCUT2D eigenvalue weighted by atomic mass is 15.1. The first-order valence-corrected chi connectivity index (χ1v) is 9.13. The molecule has 1 saturated carbocycles. The van der Waals surface area contributed by atoms with Gasteiger partial charge in [0.2, 0.25) is 0 Å². The standard InChI is InChI=1S/C20H25N5/c1-2-13-3-5-14(6-4-13)17-11-25(16-9-7-15(21)8-10-16)20-18(17)19(22)23-12-24-20/h3-6,11-12,15-16H,2,7-10,21H2,1H3,(H2,22,23,24). The predicted molar refractivity (Wildman–Crippen MR) is 102 cm³/mol. The second-order valence-corrected chi connectivity index (χ2v) is 7.03. The van der Waals surface area contributed by atoms with Crippen molar-refractivity contribution >= 4 is 16.9 Å². The summed E-state index contributed by atoms with van der Waals surface area (Å²) in [4.78, 5) is 8.79. The summed E-state index contributed by atoms with van der Waals surface area (Å²) >= 11 is 0. The van der Waals surface area contributed by atoms with E-state index in [1.165, 1.54) is 5.56 Å². The Morgan fingerprint density at radius 3 is 2.48 bits per heavy atom. The van der Waals surface area contributed by atoms with Crippen LogP contribution in [-0.4, -0.2) is 20.6 Å². The number of aromatic nitrogens is 3. The van der Waals surface area contributed by atoms with Gasteiger partial charge in [-0.05, 0) is 43.2 Å². The minimum Gasteiger partial charge on any atom is -0.383 e. The summed E-state index contributed by atoms with van der Waals surface area (Å²) in [5.41, 5.74) is 16.9. The second kappa shape index (κ2) is 6.48. The van der Waals surface area contributed by atoms with Crippen molar-refractivity contribution in [2.45, 2.75) is 51.1 Å². The minimum atomic E-state index is 0.332. The first kappa shape index (κ1) is 16.1. The quantitative estimate of drug-likeness (QED) is 0.765. The summed E-state index contributed by atoms with van der Waals surface area (Å²) < 4.78 is 2.29. The van der Waals surface area contributed by atoms with Gasteiger partial charge in [-0.25, -0.2) is 9.97 Å². The summed E-state index contributed by atoms with van der Waals surface area (Å²) in [6.45, 7) is 2.17. The van der Waals surface area contributed by atoms with Crippen molar-refractivity contribution in [3.63, 3.8) is 0 Å². The van der Waals surface area contributed by atoms with Crippen LogP contribution in [0.1, 0.15) is 44.2 Å². The lowest BCUT2D eigenvalue weighted by Crippen LogP contribution is -2.27. The van der Waals surface area contributed by atoms with Crippen LogP contribution >= 0.6 is 0 Å². The van der Waals surface area contributed by atoms with E-state index in [9.17, 15) is 0 Å². The first-order chi connectivity index (χ1) is 12.2. The molecule has 0 saturated heterocycles. The van der Waals surface area contributed by atoms with Gasteiger partial charge in [0.15, 0.2) is 0 Å². The number of aryl methyl sites for hydroxylation is 1. The van der Waals surface area contributed by atoms with E-state index < -0.39 is 0 Å². The Bertz CT molecular complexity index is 873. The first-order valence-electron chi connectivity index (χ1n) is 9.13. The van der Waals surface area contributed by atoms with Crippen molar-refractivity contribution in [1.29, 1.82) is 0 Å². The Balaban J connectivity index is 1.83. The number of anilines is 1. The maximum atomic E-state index is 6.23. The zero-order valence-electron chi connectivity index (χ0n) is 14.7. The van der Waals surface area contributed by atoms with Crippen molar-refractivity contribution in [3.8, 4) is 11.1 Å². The fourth-order valence-electron chi connectivity index (χ4n) is 3.91. The van der Waals surface area contributed by atoms with Crippen LogP contribution in [0, 0.1) is 0 Å². The average molecular weight is 335 g/mol. The number of benzene rings is 1. The van der Waals surface area contributed by atoms with Crippen molar-refractivity contribution in [3.05, 3.63) is 42.4 Å². The van der Waals surface area contributed by atoms with Crippen LogP contribution in [0.4, 0.5) is 5.82 Å². The molecule has 0 unspecified atom stereocenters. The molecule has 2 heterocycles. The maximum Gasteiger partial charge on any atom is 0.146 e. The van der Waals surface area contributed by atoms with Gasteiger partial charge in [0.05, 0.1) is 5.39 Å². The number of rotatable bonds is 3. The molecule has 0 spiro atoms. The van der Waals surface area contributed by atoms with Crippen molar-refractivity contribution in [2.75, 3.05) is 5.73 Å². The van der Waals surface area contributed by atoms with Gasteiger partial charge in [0.25, 0.3) is 0 Å². The van der Waals surface area contributed by atoms with E-state index in [0.29, 0.717) is 17.9 Å². The van der Waals surface area contributed by atoms with E-state index >= 15 is 0 Å². The van der Waals surface area contributed by atoms with Gasteiger partial charge < -0.3 is 16.0 Å². The third kappa shape index (κ3) is 2.89. The normalized spacial score (nSPS) is 20.9. The molecule has 0 atom stereocenters. The molecule has 4 N–H and O–H groups in total. The molecule has 0 radical (unpaired) electrons. The SMILES string of the molecule is CCc1ccc(-c2cn(C3CCC(N)CC3)c3ncnc(N)c23)cc1.